The van der Waals surface area contributed by atoms with Crippen molar-refractivity contribution in [3.8, 4) is 0 Å². The number of carbonyl (C=O) groups is 1. The summed E-state index contributed by atoms with van der Waals surface area (Å²) in [5, 5.41) is 39.3. The number of aliphatic hydroxyl groups excluding tert-OH is 4. The Labute approximate surface area is 217 Å². The first-order valence-corrected chi connectivity index (χ1v) is 14.1. The lowest BCUT2D eigenvalue weighted by Gasteiger charge is -2.39. The Balaban J connectivity index is 2.31. The van der Waals surface area contributed by atoms with Crippen molar-refractivity contribution in [2.24, 2.45) is 0 Å². The molecule has 0 aliphatic carbocycles. The van der Waals surface area contributed by atoms with Crippen LogP contribution < -0.4 is 0 Å². The molecule has 0 aromatic rings. The summed E-state index contributed by atoms with van der Waals surface area (Å²) >= 11 is 0. The second kappa shape index (κ2) is 21.2. The minimum atomic E-state index is -1.52. The zero-order valence-electron chi connectivity index (χ0n) is 22.5. The maximum Gasteiger partial charge on any atom is 0.306 e. The summed E-state index contributed by atoms with van der Waals surface area (Å²) in [5.41, 5.74) is 0. The number of carbonyl (C=O) groups excluding carboxylic acids is 1. The van der Waals surface area contributed by atoms with E-state index in [-0.39, 0.29) is 19.2 Å². The van der Waals surface area contributed by atoms with E-state index in [4.69, 9.17) is 18.9 Å². The minimum Gasteiger partial charge on any atom is -0.457 e. The molecule has 6 unspecified atom stereocenters. The maximum absolute atomic E-state index is 12.1. The molecule has 36 heavy (non-hydrogen) atoms. The third kappa shape index (κ3) is 14.2. The van der Waals surface area contributed by atoms with Gasteiger partial charge in [-0.1, -0.05) is 84.5 Å². The SMILES string of the molecule is CCCCCCCCCCCCCOCC(COC1OC(CO)C(O)C(O)C1O)OC(=O)CCCC. The minimum absolute atomic E-state index is 0.112. The predicted molar refractivity (Wildman–Crippen MR) is 136 cm³/mol. The molecule has 0 amide bonds. The molecular formula is C27H52O9. The van der Waals surface area contributed by atoms with Gasteiger partial charge in [0.05, 0.1) is 19.8 Å². The lowest BCUT2D eigenvalue weighted by molar-refractivity contribution is -0.305. The largest absolute Gasteiger partial charge is 0.457 e. The summed E-state index contributed by atoms with van der Waals surface area (Å²) in [6.45, 7) is 4.28. The third-order valence-electron chi connectivity index (χ3n) is 6.52. The summed E-state index contributed by atoms with van der Waals surface area (Å²) in [5.74, 6) is -0.349. The molecule has 1 aliphatic rings. The number of ether oxygens (including phenoxy) is 4. The van der Waals surface area contributed by atoms with Crippen molar-refractivity contribution in [3.05, 3.63) is 0 Å². The van der Waals surface area contributed by atoms with Crippen LogP contribution in [-0.2, 0) is 23.7 Å². The van der Waals surface area contributed by atoms with Crippen molar-refractivity contribution in [3.63, 3.8) is 0 Å². The Kier molecular flexibility index (Phi) is 19.5. The average molecular weight is 521 g/mol. The highest BCUT2D eigenvalue weighted by atomic mass is 16.7. The van der Waals surface area contributed by atoms with Gasteiger partial charge in [0.1, 0.15) is 30.5 Å². The highest BCUT2D eigenvalue weighted by molar-refractivity contribution is 5.69. The van der Waals surface area contributed by atoms with Gasteiger partial charge in [0, 0.05) is 13.0 Å². The molecule has 1 heterocycles. The summed E-state index contributed by atoms with van der Waals surface area (Å²) in [6.07, 6.45) is 8.13. The molecule has 0 saturated carbocycles. The molecule has 0 spiro atoms. The van der Waals surface area contributed by atoms with Gasteiger partial charge >= 0.3 is 5.97 Å². The van der Waals surface area contributed by atoms with Crippen molar-refractivity contribution >= 4 is 5.97 Å². The molecule has 4 N–H and O–H groups in total. The number of esters is 1. The van der Waals surface area contributed by atoms with Gasteiger partial charge < -0.3 is 39.4 Å². The molecule has 0 radical (unpaired) electrons. The monoisotopic (exact) mass is 520 g/mol. The maximum atomic E-state index is 12.1. The van der Waals surface area contributed by atoms with Gasteiger partial charge in [0.25, 0.3) is 0 Å². The number of hydrogen-bond donors (Lipinski definition) is 4. The zero-order chi connectivity index (χ0) is 26.6. The van der Waals surface area contributed by atoms with Gasteiger partial charge in [0.2, 0.25) is 0 Å². The van der Waals surface area contributed by atoms with Gasteiger partial charge in [-0.15, -0.1) is 0 Å². The van der Waals surface area contributed by atoms with E-state index in [9.17, 15) is 25.2 Å². The Hall–Kier alpha value is -0.810. The van der Waals surface area contributed by atoms with Crippen molar-refractivity contribution in [2.45, 2.75) is 141 Å². The Morgan fingerprint density at radius 2 is 1.36 bits per heavy atom. The molecule has 1 aliphatic heterocycles. The number of aliphatic hydroxyl groups is 4. The van der Waals surface area contributed by atoms with E-state index in [0.717, 1.165) is 25.7 Å². The summed E-state index contributed by atoms with van der Waals surface area (Å²) in [4.78, 5) is 12.1. The van der Waals surface area contributed by atoms with Crippen molar-refractivity contribution in [1.29, 1.82) is 0 Å². The van der Waals surface area contributed by atoms with Gasteiger partial charge in [-0.25, -0.2) is 0 Å². The fourth-order valence-electron chi connectivity index (χ4n) is 4.17. The van der Waals surface area contributed by atoms with Gasteiger partial charge in [-0.05, 0) is 12.8 Å². The lowest BCUT2D eigenvalue weighted by atomic mass is 9.99. The zero-order valence-corrected chi connectivity index (χ0v) is 22.5. The Morgan fingerprint density at radius 3 is 1.94 bits per heavy atom. The van der Waals surface area contributed by atoms with Crippen LogP contribution in [0.3, 0.4) is 0 Å². The summed E-state index contributed by atoms with van der Waals surface area (Å²) in [6, 6.07) is 0. The highest BCUT2D eigenvalue weighted by Crippen LogP contribution is 2.22. The Morgan fingerprint density at radius 1 is 0.778 bits per heavy atom. The molecule has 6 atom stereocenters. The summed E-state index contributed by atoms with van der Waals surface area (Å²) in [7, 11) is 0. The first kappa shape index (κ1) is 33.2. The van der Waals surface area contributed by atoms with Crippen molar-refractivity contribution in [2.75, 3.05) is 26.4 Å². The highest BCUT2D eigenvalue weighted by Gasteiger charge is 2.44. The van der Waals surface area contributed by atoms with Crippen LogP contribution in [0.2, 0.25) is 0 Å². The van der Waals surface area contributed by atoms with Crippen LogP contribution in [0.4, 0.5) is 0 Å². The van der Waals surface area contributed by atoms with E-state index in [1.807, 2.05) is 6.92 Å². The van der Waals surface area contributed by atoms with Crippen LogP contribution in [0.15, 0.2) is 0 Å². The normalized spacial score (nSPS) is 25.1. The van der Waals surface area contributed by atoms with E-state index in [0.29, 0.717) is 13.0 Å². The Bertz CT molecular complexity index is 531. The third-order valence-corrected chi connectivity index (χ3v) is 6.52. The van der Waals surface area contributed by atoms with Gasteiger partial charge in [0.15, 0.2) is 6.29 Å². The first-order chi connectivity index (χ1) is 17.4. The number of unbranched alkanes of at least 4 members (excludes halogenated alkanes) is 11. The van der Waals surface area contributed by atoms with E-state index in [1.54, 1.807) is 0 Å². The molecule has 1 rings (SSSR count). The fourth-order valence-corrected chi connectivity index (χ4v) is 4.17. The van der Waals surface area contributed by atoms with Crippen molar-refractivity contribution < 1.29 is 44.2 Å². The topological polar surface area (TPSA) is 135 Å². The average Bonchev–Trinajstić information content (AvgIpc) is 2.88. The predicted octanol–water partition coefficient (Wildman–Crippen LogP) is 3.23. The molecule has 0 bridgehead atoms. The van der Waals surface area contributed by atoms with E-state index >= 15 is 0 Å². The lowest BCUT2D eigenvalue weighted by Crippen LogP contribution is -2.59. The first-order valence-electron chi connectivity index (χ1n) is 14.1. The molecule has 214 valence electrons. The molecular weight excluding hydrogens is 468 g/mol. The standard InChI is InChI=1S/C27H52O9/c1-3-5-7-8-9-10-11-12-13-14-15-17-33-19-21(35-23(29)16-6-4-2)20-34-27-26(32)25(31)24(30)22(18-28)36-27/h21-22,24-28,30-32H,3-20H2,1-2H3. The van der Waals surface area contributed by atoms with Crippen LogP contribution >= 0.6 is 0 Å². The van der Waals surface area contributed by atoms with Crippen LogP contribution in [0.25, 0.3) is 0 Å². The fraction of sp³-hybridized carbons (Fsp3) is 0.963. The van der Waals surface area contributed by atoms with Gasteiger partial charge in [-0.3, -0.25) is 4.79 Å². The van der Waals surface area contributed by atoms with Crippen LogP contribution in [-0.4, -0.2) is 89.6 Å². The molecule has 9 heteroatoms. The number of hydrogen-bond acceptors (Lipinski definition) is 9. The van der Waals surface area contributed by atoms with Crippen molar-refractivity contribution in [1.82, 2.24) is 0 Å². The number of rotatable bonds is 22. The second-order valence-corrected chi connectivity index (χ2v) is 9.86. The van der Waals surface area contributed by atoms with Crippen LogP contribution in [0, 0.1) is 0 Å². The molecule has 1 fully saturated rings. The van der Waals surface area contributed by atoms with E-state index in [2.05, 4.69) is 6.92 Å². The van der Waals surface area contributed by atoms with Gasteiger partial charge in [-0.2, -0.15) is 0 Å². The molecule has 0 aromatic carbocycles. The summed E-state index contributed by atoms with van der Waals surface area (Å²) < 4.78 is 22.2. The van der Waals surface area contributed by atoms with Crippen LogP contribution in [0.1, 0.15) is 104 Å². The van der Waals surface area contributed by atoms with Crippen LogP contribution in [0.5, 0.6) is 0 Å². The van der Waals surface area contributed by atoms with E-state index < -0.39 is 43.4 Å². The van der Waals surface area contributed by atoms with E-state index in [1.165, 1.54) is 57.8 Å². The quantitative estimate of drug-likeness (QED) is 0.125. The molecule has 0 aromatic heterocycles. The second-order valence-electron chi connectivity index (χ2n) is 9.86. The molecule has 9 nitrogen and oxygen atoms in total. The smallest absolute Gasteiger partial charge is 0.306 e. The molecule has 1 saturated heterocycles.